The molecule has 0 unspecified atom stereocenters. The molecule has 4 aromatic rings. The van der Waals surface area contributed by atoms with E-state index in [-0.39, 0.29) is 23.9 Å². The Bertz CT molecular complexity index is 1640. The number of piperazine rings is 1. The quantitative estimate of drug-likeness (QED) is 0.350. The van der Waals surface area contributed by atoms with Gasteiger partial charge in [-0.3, -0.25) is 19.4 Å². The molecule has 1 saturated heterocycles. The average molecular weight is 578 g/mol. The zero-order valence-electron chi connectivity index (χ0n) is 23.0. The van der Waals surface area contributed by atoms with Crippen LogP contribution in [0.15, 0.2) is 77.6 Å². The van der Waals surface area contributed by atoms with Crippen molar-refractivity contribution in [2.45, 2.75) is 26.1 Å². The molecule has 11 heteroatoms. The van der Waals surface area contributed by atoms with Crippen molar-refractivity contribution in [1.82, 2.24) is 19.8 Å². The molecule has 0 spiro atoms. The molecule has 0 aliphatic carbocycles. The Hall–Kier alpha value is -4.67. The first-order chi connectivity index (χ1) is 20.1. The van der Waals surface area contributed by atoms with E-state index in [0.29, 0.717) is 67.1 Å². The molecule has 1 N–H and O–H groups in total. The smallest absolute Gasteiger partial charge is 0.339 e. The summed E-state index contributed by atoms with van der Waals surface area (Å²) in [6.07, 6.45) is -3.96. The number of nitrogens with zero attached hydrogens (tertiary/aromatic N) is 4. The van der Waals surface area contributed by atoms with Crippen molar-refractivity contribution < 1.29 is 22.8 Å². The van der Waals surface area contributed by atoms with E-state index >= 15 is 0 Å². The summed E-state index contributed by atoms with van der Waals surface area (Å²) in [5.74, 6) is 0.153. The van der Waals surface area contributed by atoms with Crippen molar-refractivity contribution in [3.63, 3.8) is 0 Å². The Balaban J connectivity index is 1.16. The van der Waals surface area contributed by atoms with Gasteiger partial charge in [0.2, 0.25) is 11.9 Å². The minimum atomic E-state index is -4.45. The number of anilines is 1. The zero-order chi connectivity index (χ0) is 29.9. The van der Waals surface area contributed by atoms with Crippen LogP contribution in [0.3, 0.4) is 0 Å². The number of para-hydroxylation sites is 1. The third-order valence-corrected chi connectivity index (χ3v) is 7.41. The second-order valence-electron chi connectivity index (χ2n) is 10.3. The molecule has 1 fully saturated rings. The fourth-order valence-electron chi connectivity index (χ4n) is 5.02. The third-order valence-electron chi connectivity index (χ3n) is 7.41. The van der Waals surface area contributed by atoms with Crippen LogP contribution in [0.5, 0.6) is 0 Å². The number of H-pyrrole nitrogens is 1. The van der Waals surface area contributed by atoms with Gasteiger partial charge in [0.25, 0.3) is 11.5 Å². The predicted octanol–water partition coefficient (Wildman–Crippen LogP) is 4.50. The van der Waals surface area contributed by atoms with Crippen molar-refractivity contribution in [2.75, 3.05) is 37.6 Å². The molecule has 1 aromatic heterocycles. The summed E-state index contributed by atoms with van der Waals surface area (Å²) in [4.78, 5) is 50.4. The predicted molar refractivity (Wildman–Crippen MR) is 153 cm³/mol. The molecule has 218 valence electrons. The van der Waals surface area contributed by atoms with E-state index in [4.69, 9.17) is 0 Å². The van der Waals surface area contributed by atoms with Crippen LogP contribution in [0, 0.1) is 0 Å². The summed E-state index contributed by atoms with van der Waals surface area (Å²) in [7, 11) is 0. The van der Waals surface area contributed by atoms with E-state index in [2.05, 4.69) is 9.97 Å². The number of amides is 2. The molecule has 8 nitrogen and oxygen atoms in total. The van der Waals surface area contributed by atoms with E-state index < -0.39 is 11.7 Å². The third kappa shape index (κ3) is 6.62. The summed E-state index contributed by atoms with van der Waals surface area (Å²) in [5.41, 5.74) is 1.53. The maximum absolute atomic E-state index is 13.1. The van der Waals surface area contributed by atoms with Crippen LogP contribution in [0.2, 0.25) is 0 Å². The lowest BCUT2D eigenvalue weighted by Gasteiger charge is -2.35. The lowest BCUT2D eigenvalue weighted by atomic mass is 10.1. The highest BCUT2D eigenvalue weighted by Crippen LogP contribution is 2.29. The molecule has 5 rings (SSSR count). The summed E-state index contributed by atoms with van der Waals surface area (Å²) in [5, 5.41) is 0.531. The maximum atomic E-state index is 13.1. The number of aromatic nitrogens is 2. The Morgan fingerprint density at radius 2 is 1.64 bits per heavy atom. The van der Waals surface area contributed by atoms with Gasteiger partial charge in [-0.05, 0) is 53.9 Å². The lowest BCUT2D eigenvalue weighted by molar-refractivity contribution is -0.137. The highest BCUT2D eigenvalue weighted by Gasteiger charge is 2.30. The van der Waals surface area contributed by atoms with Crippen LogP contribution >= 0.6 is 0 Å². The summed E-state index contributed by atoms with van der Waals surface area (Å²) >= 11 is 0. The number of hydrogen-bond acceptors (Lipinski definition) is 5. The van der Waals surface area contributed by atoms with Crippen molar-refractivity contribution in [1.29, 1.82) is 0 Å². The van der Waals surface area contributed by atoms with Crippen LogP contribution in [-0.4, -0.2) is 64.3 Å². The maximum Gasteiger partial charge on any atom is 0.416 e. The number of hydrogen-bond donors (Lipinski definition) is 1. The van der Waals surface area contributed by atoms with Gasteiger partial charge in [-0.2, -0.15) is 13.2 Å². The molecule has 0 atom stereocenters. The molecule has 0 bridgehead atoms. The first-order valence-electron chi connectivity index (χ1n) is 13.6. The number of alkyl halides is 3. The monoisotopic (exact) mass is 577 g/mol. The fourth-order valence-corrected chi connectivity index (χ4v) is 5.02. The Labute approximate surface area is 240 Å². The minimum Gasteiger partial charge on any atom is -0.339 e. The number of nitrogens with one attached hydrogen (secondary N) is 1. The molecule has 2 heterocycles. The highest BCUT2D eigenvalue weighted by atomic mass is 19.4. The van der Waals surface area contributed by atoms with Gasteiger partial charge in [0.05, 0.1) is 16.5 Å². The van der Waals surface area contributed by atoms with Crippen LogP contribution in [0.25, 0.3) is 10.9 Å². The molecular weight excluding hydrogens is 547 g/mol. The van der Waals surface area contributed by atoms with Crippen molar-refractivity contribution in [3.8, 4) is 0 Å². The second kappa shape index (κ2) is 12.1. The Morgan fingerprint density at radius 3 is 2.33 bits per heavy atom. The number of aromatic amines is 1. The van der Waals surface area contributed by atoms with Crippen molar-refractivity contribution in [2.24, 2.45) is 0 Å². The molecule has 0 saturated carbocycles. The van der Waals surface area contributed by atoms with Crippen LogP contribution in [0.1, 0.15) is 34.0 Å². The van der Waals surface area contributed by atoms with Gasteiger partial charge in [0.1, 0.15) is 0 Å². The first kappa shape index (κ1) is 28.8. The van der Waals surface area contributed by atoms with Gasteiger partial charge >= 0.3 is 6.18 Å². The largest absolute Gasteiger partial charge is 0.416 e. The Morgan fingerprint density at radius 1 is 0.929 bits per heavy atom. The normalized spacial score (nSPS) is 13.8. The van der Waals surface area contributed by atoms with Crippen LogP contribution in [0.4, 0.5) is 19.1 Å². The molecule has 1 aliphatic rings. The first-order valence-corrected chi connectivity index (χ1v) is 13.6. The van der Waals surface area contributed by atoms with E-state index in [1.807, 2.05) is 23.1 Å². The minimum absolute atomic E-state index is 0.0738. The molecule has 2 amide bonds. The van der Waals surface area contributed by atoms with Crippen molar-refractivity contribution in [3.05, 3.63) is 105 Å². The number of carbonyl (C=O) groups excluding carboxylic acids is 2. The SMILES string of the molecule is CC(=O)N(CCc1ccc(C(=O)N2CCN(c3nc4ccccc4c(=O)[nH]3)CC2)cc1)Cc1cccc(C(F)(F)F)c1. The second-order valence-corrected chi connectivity index (χ2v) is 10.3. The number of rotatable bonds is 7. The number of fused-ring (bicyclic) bond motifs is 1. The molecule has 3 aromatic carbocycles. The fraction of sp³-hybridized carbons (Fsp3) is 0.290. The van der Waals surface area contributed by atoms with Crippen molar-refractivity contribution >= 4 is 28.7 Å². The van der Waals surface area contributed by atoms with Gasteiger partial charge in [-0.1, -0.05) is 36.4 Å². The summed E-state index contributed by atoms with van der Waals surface area (Å²) < 4.78 is 39.2. The van der Waals surface area contributed by atoms with Crippen LogP contribution < -0.4 is 10.5 Å². The topological polar surface area (TPSA) is 89.6 Å². The number of benzene rings is 3. The van der Waals surface area contributed by atoms with E-state index in [0.717, 1.165) is 17.7 Å². The number of halogens is 3. The average Bonchev–Trinajstić information content (AvgIpc) is 2.99. The van der Waals surface area contributed by atoms with Gasteiger partial charge < -0.3 is 14.7 Å². The Kier molecular flexibility index (Phi) is 8.28. The number of carbonyl (C=O) groups is 2. The zero-order valence-corrected chi connectivity index (χ0v) is 23.0. The standard InChI is InChI=1S/C31H30F3N5O3/c1-21(40)39(20-23-5-4-6-25(19-23)31(32,33)34)14-13-22-9-11-24(12-10-22)29(42)37-15-17-38(18-16-37)30-35-27-8-3-2-7-26(27)28(41)36-30/h2-12,19H,13-18,20H2,1H3,(H,35,36,41). The molecule has 0 radical (unpaired) electrons. The lowest BCUT2D eigenvalue weighted by Crippen LogP contribution is -2.49. The van der Waals surface area contributed by atoms with Gasteiger partial charge in [-0.25, -0.2) is 4.98 Å². The van der Waals surface area contributed by atoms with Gasteiger partial charge in [-0.15, -0.1) is 0 Å². The van der Waals surface area contributed by atoms with E-state index in [9.17, 15) is 27.6 Å². The highest BCUT2D eigenvalue weighted by molar-refractivity contribution is 5.94. The summed E-state index contributed by atoms with van der Waals surface area (Å²) in [6, 6.07) is 19.3. The van der Waals surface area contributed by atoms with E-state index in [1.54, 1.807) is 41.3 Å². The molecular formula is C31H30F3N5O3. The summed E-state index contributed by atoms with van der Waals surface area (Å²) in [6.45, 7) is 3.79. The van der Waals surface area contributed by atoms with Gasteiger partial charge in [0, 0.05) is 51.8 Å². The van der Waals surface area contributed by atoms with E-state index in [1.165, 1.54) is 17.9 Å². The van der Waals surface area contributed by atoms with Gasteiger partial charge in [0.15, 0.2) is 0 Å². The molecule has 1 aliphatic heterocycles. The van der Waals surface area contributed by atoms with Crippen LogP contribution in [-0.2, 0) is 23.9 Å². The molecule has 42 heavy (non-hydrogen) atoms.